The molecule has 4 nitrogen and oxygen atoms in total. The van der Waals surface area contributed by atoms with Crippen molar-refractivity contribution in [3.63, 3.8) is 0 Å². The molecule has 1 aliphatic heterocycles. The van der Waals surface area contributed by atoms with Crippen LogP contribution in [0.15, 0.2) is 18.2 Å². The van der Waals surface area contributed by atoms with Gasteiger partial charge in [-0.2, -0.15) is 0 Å². The van der Waals surface area contributed by atoms with Gasteiger partial charge in [-0.1, -0.05) is 19.8 Å². The number of hydrogen-bond acceptors (Lipinski definition) is 4. The molecule has 0 aromatic heterocycles. The maximum atomic E-state index is 12.7. The van der Waals surface area contributed by atoms with Gasteiger partial charge in [0.25, 0.3) is 0 Å². The van der Waals surface area contributed by atoms with E-state index in [0.29, 0.717) is 12.0 Å². The first-order valence-corrected chi connectivity index (χ1v) is 8.89. The van der Waals surface area contributed by atoms with Crippen LogP contribution in [-0.2, 0) is 0 Å². The van der Waals surface area contributed by atoms with Gasteiger partial charge in [0, 0.05) is 11.6 Å². The zero-order valence-corrected chi connectivity index (χ0v) is 14.4. The molecule has 0 spiro atoms. The zero-order chi connectivity index (χ0) is 16.4. The Morgan fingerprint density at radius 3 is 2.87 bits per heavy atom. The molecule has 4 unspecified atom stereocenters. The maximum Gasteiger partial charge on any atom is 0.179 e. The molecule has 0 radical (unpaired) electrons. The Morgan fingerprint density at radius 1 is 1.30 bits per heavy atom. The van der Waals surface area contributed by atoms with Gasteiger partial charge in [0.1, 0.15) is 11.9 Å². The molecule has 1 aliphatic carbocycles. The molecule has 4 atom stereocenters. The molecule has 1 aromatic carbocycles. The fourth-order valence-corrected chi connectivity index (χ4v) is 3.65. The number of nitrogens with one attached hydrogen (secondary N) is 2. The van der Waals surface area contributed by atoms with Gasteiger partial charge in [-0.05, 0) is 50.8 Å². The molecule has 1 saturated carbocycles. The van der Waals surface area contributed by atoms with E-state index in [2.05, 4.69) is 17.6 Å². The highest BCUT2D eigenvalue weighted by Gasteiger charge is 2.26. The second-order valence-electron chi connectivity index (χ2n) is 7.14. The number of Topliss-reactive ketones (excluding diaryl/α,β-unsaturated/α-hetero) is 1. The predicted molar refractivity (Wildman–Crippen MR) is 93.4 cm³/mol. The number of fused-ring (bicyclic) bond motifs is 1. The summed E-state index contributed by atoms with van der Waals surface area (Å²) in [5.74, 6) is 1.65. The number of rotatable bonds is 4. The van der Waals surface area contributed by atoms with Gasteiger partial charge in [-0.25, -0.2) is 0 Å². The van der Waals surface area contributed by atoms with Crippen molar-refractivity contribution in [2.24, 2.45) is 5.92 Å². The molecule has 2 aliphatic rings. The molecule has 0 saturated heterocycles. The van der Waals surface area contributed by atoms with Gasteiger partial charge < -0.3 is 15.4 Å². The molecule has 126 valence electrons. The lowest BCUT2D eigenvalue weighted by Crippen LogP contribution is -2.45. The van der Waals surface area contributed by atoms with Gasteiger partial charge in [0.15, 0.2) is 5.78 Å². The molecule has 0 amide bonds. The van der Waals surface area contributed by atoms with Crippen LogP contribution in [0.4, 0.5) is 5.69 Å². The van der Waals surface area contributed by atoms with Crippen LogP contribution in [0.3, 0.4) is 0 Å². The third-order valence-electron chi connectivity index (χ3n) is 5.14. The lowest BCUT2D eigenvalue weighted by Gasteiger charge is -2.32. The quantitative estimate of drug-likeness (QED) is 0.833. The Morgan fingerprint density at radius 2 is 2.09 bits per heavy atom. The highest BCUT2D eigenvalue weighted by Crippen LogP contribution is 2.30. The Labute approximate surface area is 139 Å². The summed E-state index contributed by atoms with van der Waals surface area (Å²) < 4.78 is 5.77. The van der Waals surface area contributed by atoms with E-state index in [1.807, 2.05) is 32.0 Å². The first kappa shape index (κ1) is 16.3. The van der Waals surface area contributed by atoms with E-state index in [9.17, 15) is 4.79 Å². The van der Waals surface area contributed by atoms with Crippen molar-refractivity contribution >= 4 is 11.5 Å². The second-order valence-corrected chi connectivity index (χ2v) is 7.14. The number of carbonyl (C=O) groups is 1. The second kappa shape index (κ2) is 6.91. The third-order valence-corrected chi connectivity index (χ3v) is 5.14. The summed E-state index contributed by atoms with van der Waals surface area (Å²) in [5.41, 5.74) is 1.67. The molecule has 4 heteroatoms. The van der Waals surface area contributed by atoms with Gasteiger partial charge in [0.2, 0.25) is 0 Å². The number of benzene rings is 1. The van der Waals surface area contributed by atoms with Crippen molar-refractivity contribution in [3.05, 3.63) is 23.8 Å². The lowest BCUT2D eigenvalue weighted by molar-refractivity contribution is 0.0932. The Balaban J connectivity index is 1.67. The van der Waals surface area contributed by atoms with Crippen molar-refractivity contribution in [1.82, 2.24) is 5.32 Å². The largest absolute Gasteiger partial charge is 0.487 e. The van der Waals surface area contributed by atoms with Gasteiger partial charge in [-0.15, -0.1) is 0 Å². The molecular weight excluding hydrogens is 288 g/mol. The first-order valence-electron chi connectivity index (χ1n) is 8.89. The summed E-state index contributed by atoms with van der Waals surface area (Å²) in [4.78, 5) is 12.7. The summed E-state index contributed by atoms with van der Waals surface area (Å²) in [5, 5.41) is 6.89. The average molecular weight is 316 g/mol. The van der Waals surface area contributed by atoms with E-state index in [1.165, 1.54) is 25.7 Å². The average Bonchev–Trinajstić information content (AvgIpc) is 2.55. The SMILES string of the molecule is CC1CNc2cc(C(=O)C(C)NC3CCCCC3C)ccc2O1. The van der Waals surface area contributed by atoms with E-state index in [-0.39, 0.29) is 17.9 Å². The Bertz CT molecular complexity index is 572. The highest BCUT2D eigenvalue weighted by atomic mass is 16.5. The minimum absolute atomic E-state index is 0.151. The smallest absolute Gasteiger partial charge is 0.179 e. The van der Waals surface area contributed by atoms with Gasteiger partial charge in [-0.3, -0.25) is 4.79 Å². The van der Waals surface area contributed by atoms with E-state index < -0.39 is 0 Å². The van der Waals surface area contributed by atoms with Crippen LogP contribution in [0.5, 0.6) is 5.75 Å². The lowest BCUT2D eigenvalue weighted by atomic mass is 9.85. The molecule has 1 aromatic rings. The van der Waals surface area contributed by atoms with Crippen molar-refractivity contribution in [3.8, 4) is 5.75 Å². The predicted octanol–water partition coefficient (Wildman–Crippen LogP) is 3.62. The number of hydrogen-bond donors (Lipinski definition) is 2. The van der Waals surface area contributed by atoms with Crippen LogP contribution < -0.4 is 15.4 Å². The number of anilines is 1. The molecule has 23 heavy (non-hydrogen) atoms. The van der Waals surface area contributed by atoms with E-state index in [0.717, 1.165) is 23.5 Å². The molecule has 3 rings (SSSR count). The van der Waals surface area contributed by atoms with Crippen molar-refractivity contribution in [2.75, 3.05) is 11.9 Å². The van der Waals surface area contributed by atoms with Crippen molar-refractivity contribution in [1.29, 1.82) is 0 Å². The third kappa shape index (κ3) is 3.69. The Kier molecular flexibility index (Phi) is 4.90. The van der Waals surface area contributed by atoms with Crippen molar-refractivity contribution < 1.29 is 9.53 Å². The van der Waals surface area contributed by atoms with E-state index in [1.54, 1.807) is 0 Å². The fourth-order valence-electron chi connectivity index (χ4n) is 3.65. The highest BCUT2D eigenvalue weighted by molar-refractivity contribution is 6.01. The van der Waals surface area contributed by atoms with Gasteiger partial charge >= 0.3 is 0 Å². The molecule has 0 bridgehead atoms. The summed E-state index contributed by atoms with van der Waals surface area (Å²) in [7, 11) is 0. The summed E-state index contributed by atoms with van der Waals surface area (Å²) in [6.45, 7) is 7.08. The summed E-state index contributed by atoms with van der Waals surface area (Å²) >= 11 is 0. The normalized spacial score (nSPS) is 28.2. The van der Waals surface area contributed by atoms with Crippen molar-refractivity contribution in [2.45, 2.75) is 64.6 Å². The first-order chi connectivity index (χ1) is 11.0. The fraction of sp³-hybridized carbons (Fsp3) is 0.632. The number of carbonyl (C=O) groups excluding carboxylic acids is 1. The Hall–Kier alpha value is -1.55. The maximum absolute atomic E-state index is 12.7. The van der Waals surface area contributed by atoms with Crippen LogP contribution in [0, 0.1) is 5.92 Å². The minimum atomic E-state index is -0.151. The molecule has 2 N–H and O–H groups in total. The monoisotopic (exact) mass is 316 g/mol. The standard InChI is InChI=1S/C19H28N2O2/c1-12-6-4-5-7-16(12)21-14(3)19(22)15-8-9-18-17(10-15)20-11-13(2)23-18/h8-10,12-14,16,20-21H,4-7,11H2,1-3H3. The van der Waals surface area contributed by atoms with E-state index in [4.69, 9.17) is 4.74 Å². The molecular formula is C19H28N2O2. The molecule has 1 fully saturated rings. The van der Waals surface area contributed by atoms with Gasteiger partial charge in [0.05, 0.1) is 18.3 Å². The van der Waals surface area contributed by atoms with Crippen LogP contribution in [-0.4, -0.2) is 30.5 Å². The molecule has 1 heterocycles. The van der Waals surface area contributed by atoms with Crippen LogP contribution >= 0.6 is 0 Å². The number of ether oxygens (including phenoxy) is 1. The van der Waals surface area contributed by atoms with Crippen LogP contribution in [0.2, 0.25) is 0 Å². The summed E-state index contributed by atoms with van der Waals surface area (Å²) in [6, 6.07) is 6.01. The summed E-state index contributed by atoms with van der Waals surface area (Å²) in [6.07, 6.45) is 5.18. The minimum Gasteiger partial charge on any atom is -0.487 e. The number of ketones is 1. The van der Waals surface area contributed by atoms with Crippen LogP contribution in [0.1, 0.15) is 56.8 Å². The zero-order valence-electron chi connectivity index (χ0n) is 14.4. The topological polar surface area (TPSA) is 50.4 Å². The van der Waals surface area contributed by atoms with E-state index >= 15 is 0 Å². The van der Waals surface area contributed by atoms with Crippen LogP contribution in [0.25, 0.3) is 0 Å².